The van der Waals surface area contributed by atoms with Gasteiger partial charge in [0.25, 0.3) is 0 Å². The van der Waals surface area contributed by atoms with Crippen molar-refractivity contribution in [2.75, 3.05) is 5.75 Å². The van der Waals surface area contributed by atoms with Crippen molar-refractivity contribution in [3.8, 4) is 0 Å². The normalized spacial score (nSPS) is 14.0. The van der Waals surface area contributed by atoms with E-state index in [0.29, 0.717) is 24.8 Å². The average molecular weight is 348 g/mol. The summed E-state index contributed by atoms with van der Waals surface area (Å²) >= 11 is 3.10. The monoisotopic (exact) mass is 348 g/mol. The lowest BCUT2D eigenvalue weighted by molar-refractivity contribution is -0.118. The van der Waals surface area contributed by atoms with Crippen molar-refractivity contribution in [3.63, 3.8) is 0 Å². The molecule has 23 heavy (non-hydrogen) atoms. The third kappa shape index (κ3) is 4.03. The maximum atomic E-state index is 12.0. The molecule has 1 N–H and O–H groups in total. The summed E-state index contributed by atoms with van der Waals surface area (Å²) in [5, 5.41) is 14.3. The average Bonchev–Trinajstić information content (AvgIpc) is 3.19. The van der Waals surface area contributed by atoms with Gasteiger partial charge in [0.15, 0.2) is 5.16 Å². The standard InChI is InChI=1S/C16H20N4OS2/c1-3-7-20-15(12-4-5-12)18-19-16(20)23-10-14(21)17-9-13-11(2)6-8-22-13/h3,6,8,12H,1,4-5,7,9-10H2,2H3,(H,17,21). The molecule has 0 atom stereocenters. The highest BCUT2D eigenvalue weighted by atomic mass is 32.2. The first-order chi connectivity index (χ1) is 11.2. The number of thioether (sulfide) groups is 1. The summed E-state index contributed by atoms with van der Waals surface area (Å²) in [6.45, 7) is 7.14. The lowest BCUT2D eigenvalue weighted by Crippen LogP contribution is -2.24. The van der Waals surface area contributed by atoms with E-state index >= 15 is 0 Å². The predicted molar refractivity (Wildman–Crippen MR) is 93.8 cm³/mol. The maximum Gasteiger partial charge on any atom is 0.230 e. The molecule has 0 bridgehead atoms. The Labute approximate surface area is 144 Å². The van der Waals surface area contributed by atoms with E-state index in [0.717, 1.165) is 11.0 Å². The van der Waals surface area contributed by atoms with Gasteiger partial charge in [-0.05, 0) is 36.8 Å². The van der Waals surface area contributed by atoms with Crippen LogP contribution >= 0.6 is 23.1 Å². The van der Waals surface area contributed by atoms with E-state index < -0.39 is 0 Å². The smallest absolute Gasteiger partial charge is 0.230 e. The van der Waals surface area contributed by atoms with Crippen LogP contribution in [-0.2, 0) is 17.9 Å². The molecule has 2 heterocycles. The Bertz CT molecular complexity index is 703. The summed E-state index contributed by atoms with van der Waals surface area (Å²) < 4.78 is 2.08. The molecule has 3 rings (SSSR count). The highest BCUT2D eigenvalue weighted by Gasteiger charge is 2.30. The van der Waals surface area contributed by atoms with E-state index in [2.05, 4.69) is 39.7 Å². The number of hydrogen-bond acceptors (Lipinski definition) is 5. The van der Waals surface area contributed by atoms with Crippen LogP contribution in [0.3, 0.4) is 0 Å². The Morgan fingerprint density at radius 1 is 1.57 bits per heavy atom. The zero-order valence-electron chi connectivity index (χ0n) is 13.1. The second-order valence-corrected chi connectivity index (χ2v) is 7.55. The molecule has 0 saturated heterocycles. The molecule has 1 fully saturated rings. The summed E-state index contributed by atoms with van der Waals surface area (Å²) in [4.78, 5) is 13.2. The van der Waals surface area contributed by atoms with Crippen LogP contribution in [0.25, 0.3) is 0 Å². The van der Waals surface area contributed by atoms with Gasteiger partial charge in [-0.1, -0.05) is 17.8 Å². The van der Waals surface area contributed by atoms with Crippen LogP contribution in [0, 0.1) is 6.92 Å². The molecular formula is C16H20N4OS2. The number of aromatic nitrogens is 3. The van der Waals surface area contributed by atoms with Crippen molar-refractivity contribution < 1.29 is 4.79 Å². The quantitative estimate of drug-likeness (QED) is 0.588. The van der Waals surface area contributed by atoms with Crippen molar-refractivity contribution in [1.29, 1.82) is 0 Å². The Kier molecular flexibility index (Phi) is 5.17. The van der Waals surface area contributed by atoms with Crippen LogP contribution in [0.4, 0.5) is 0 Å². The largest absolute Gasteiger partial charge is 0.350 e. The highest BCUT2D eigenvalue weighted by molar-refractivity contribution is 7.99. The van der Waals surface area contributed by atoms with E-state index in [9.17, 15) is 4.79 Å². The Hall–Kier alpha value is -1.60. The van der Waals surface area contributed by atoms with Crippen LogP contribution in [0.15, 0.2) is 29.3 Å². The van der Waals surface area contributed by atoms with Crippen molar-refractivity contribution in [2.24, 2.45) is 0 Å². The van der Waals surface area contributed by atoms with E-state index in [1.807, 2.05) is 11.5 Å². The molecule has 1 saturated carbocycles. The van der Waals surface area contributed by atoms with Gasteiger partial charge < -0.3 is 9.88 Å². The molecule has 0 unspecified atom stereocenters. The van der Waals surface area contributed by atoms with Gasteiger partial charge in [0.05, 0.1) is 12.3 Å². The number of nitrogens with zero attached hydrogens (tertiary/aromatic N) is 3. The number of carbonyl (C=O) groups is 1. The highest BCUT2D eigenvalue weighted by Crippen LogP contribution is 2.40. The predicted octanol–water partition coefficient (Wildman–Crippen LogP) is 3.12. The SMILES string of the molecule is C=CCn1c(SCC(=O)NCc2sccc2C)nnc1C1CC1. The van der Waals surface area contributed by atoms with Gasteiger partial charge in [0.1, 0.15) is 5.82 Å². The van der Waals surface area contributed by atoms with Crippen molar-refractivity contribution >= 4 is 29.0 Å². The minimum atomic E-state index is 0.0175. The number of rotatable bonds is 8. The molecule has 2 aromatic rings. The first-order valence-corrected chi connectivity index (χ1v) is 9.52. The molecule has 1 amide bonds. The number of thiophene rings is 1. The fourth-order valence-electron chi connectivity index (χ4n) is 2.30. The van der Waals surface area contributed by atoms with Crippen LogP contribution in [-0.4, -0.2) is 26.4 Å². The first kappa shape index (κ1) is 16.3. The fourth-order valence-corrected chi connectivity index (χ4v) is 3.93. The molecule has 1 aliphatic rings. The molecule has 0 spiro atoms. The molecule has 7 heteroatoms. The zero-order chi connectivity index (χ0) is 16.2. The second-order valence-electron chi connectivity index (χ2n) is 5.61. The summed E-state index contributed by atoms with van der Waals surface area (Å²) in [5.74, 6) is 1.93. The summed E-state index contributed by atoms with van der Waals surface area (Å²) in [7, 11) is 0. The molecule has 122 valence electrons. The topological polar surface area (TPSA) is 59.8 Å². The number of aryl methyl sites for hydroxylation is 1. The third-order valence-electron chi connectivity index (χ3n) is 3.75. The van der Waals surface area contributed by atoms with E-state index in [-0.39, 0.29) is 5.91 Å². The number of nitrogens with one attached hydrogen (secondary N) is 1. The Morgan fingerprint density at radius 2 is 2.39 bits per heavy atom. The molecule has 0 aliphatic heterocycles. The Morgan fingerprint density at radius 3 is 3.04 bits per heavy atom. The molecule has 1 aliphatic carbocycles. The van der Waals surface area contributed by atoms with Crippen LogP contribution in [0.2, 0.25) is 0 Å². The van der Waals surface area contributed by atoms with Crippen molar-refractivity contribution in [2.45, 2.75) is 43.9 Å². The van der Waals surface area contributed by atoms with Crippen LogP contribution < -0.4 is 5.32 Å². The van der Waals surface area contributed by atoms with Gasteiger partial charge in [-0.2, -0.15) is 0 Å². The van der Waals surface area contributed by atoms with Crippen molar-refractivity contribution in [3.05, 3.63) is 40.4 Å². The third-order valence-corrected chi connectivity index (χ3v) is 5.74. The second kappa shape index (κ2) is 7.31. The lowest BCUT2D eigenvalue weighted by atomic mass is 10.3. The van der Waals surface area contributed by atoms with Gasteiger partial charge in [-0.3, -0.25) is 4.79 Å². The van der Waals surface area contributed by atoms with Crippen LogP contribution in [0.5, 0.6) is 0 Å². The maximum absolute atomic E-state index is 12.0. The van der Waals surface area contributed by atoms with Gasteiger partial charge in [-0.15, -0.1) is 28.1 Å². The van der Waals surface area contributed by atoms with E-state index in [1.165, 1.54) is 35.0 Å². The Balaban J connectivity index is 1.54. The molecule has 0 radical (unpaired) electrons. The lowest BCUT2D eigenvalue weighted by Gasteiger charge is -2.07. The summed E-state index contributed by atoms with van der Waals surface area (Å²) in [5.41, 5.74) is 1.22. The molecule has 5 nitrogen and oxygen atoms in total. The number of amides is 1. The number of carbonyl (C=O) groups excluding carboxylic acids is 1. The van der Waals surface area contributed by atoms with Gasteiger partial charge in [-0.25, -0.2) is 0 Å². The molecule has 0 aromatic carbocycles. The van der Waals surface area contributed by atoms with Crippen LogP contribution in [0.1, 0.15) is 35.0 Å². The van der Waals surface area contributed by atoms with Crippen molar-refractivity contribution in [1.82, 2.24) is 20.1 Å². The van der Waals surface area contributed by atoms with Gasteiger partial charge >= 0.3 is 0 Å². The number of hydrogen-bond donors (Lipinski definition) is 1. The minimum absolute atomic E-state index is 0.0175. The molecule has 2 aromatic heterocycles. The van der Waals surface area contributed by atoms with E-state index in [1.54, 1.807) is 11.3 Å². The van der Waals surface area contributed by atoms with Gasteiger partial charge in [0, 0.05) is 17.3 Å². The zero-order valence-corrected chi connectivity index (χ0v) is 14.8. The van der Waals surface area contributed by atoms with Gasteiger partial charge in [0.2, 0.25) is 5.91 Å². The first-order valence-electron chi connectivity index (χ1n) is 7.65. The molecular weight excluding hydrogens is 328 g/mol. The fraction of sp³-hybridized carbons (Fsp3) is 0.438. The summed E-state index contributed by atoms with van der Waals surface area (Å²) in [6.07, 6.45) is 4.21. The minimum Gasteiger partial charge on any atom is -0.350 e. The summed E-state index contributed by atoms with van der Waals surface area (Å²) in [6, 6.07) is 2.07. The van der Waals surface area contributed by atoms with E-state index in [4.69, 9.17) is 0 Å². The number of allylic oxidation sites excluding steroid dienone is 1.